The zero-order valence-corrected chi connectivity index (χ0v) is 20.8. The van der Waals surface area contributed by atoms with Crippen LogP contribution in [-0.2, 0) is 12.8 Å². The van der Waals surface area contributed by atoms with Crippen molar-refractivity contribution in [3.8, 4) is 17.2 Å². The fraction of sp³-hybridized carbons (Fsp3) is 0.321. The van der Waals surface area contributed by atoms with Crippen LogP contribution in [-0.4, -0.2) is 53.1 Å². The second kappa shape index (κ2) is 10.3. The maximum Gasteiger partial charge on any atom is 0.274 e. The molecule has 2 aromatic heterocycles. The molecule has 5 rings (SSSR count). The van der Waals surface area contributed by atoms with Gasteiger partial charge in [0.15, 0.2) is 11.5 Å². The third-order valence-electron chi connectivity index (χ3n) is 6.79. The molecular weight excluding hydrogens is 456 g/mol. The summed E-state index contributed by atoms with van der Waals surface area (Å²) in [6.07, 6.45) is 8.94. The van der Waals surface area contributed by atoms with Gasteiger partial charge in [0.1, 0.15) is 11.4 Å². The van der Waals surface area contributed by atoms with Crippen LogP contribution in [0, 0.1) is 0 Å². The Kier molecular flexibility index (Phi) is 6.75. The zero-order valence-electron chi connectivity index (χ0n) is 20.8. The standard InChI is InChI=1S/C28H30N4O4/c1-4-36-27-15-22-18(13-26(27)35-3)9-12-32(28(33)24-17-29-10-11-30-24)25(22)8-5-19-16-31-23-7-6-20(34-2)14-21(19)23/h6-7,10-11,13-17,25,31H,4-5,8-9,12H2,1-3H3. The summed E-state index contributed by atoms with van der Waals surface area (Å²) in [5, 5.41) is 1.13. The lowest BCUT2D eigenvalue weighted by molar-refractivity contribution is 0.0643. The molecule has 1 amide bonds. The van der Waals surface area contributed by atoms with E-state index >= 15 is 0 Å². The molecule has 4 aromatic rings. The van der Waals surface area contributed by atoms with Crippen LogP contribution in [0.5, 0.6) is 17.2 Å². The number of nitrogens with one attached hydrogen (secondary N) is 1. The van der Waals surface area contributed by atoms with Crippen molar-refractivity contribution >= 4 is 16.8 Å². The molecule has 8 heteroatoms. The molecule has 1 atom stereocenters. The van der Waals surface area contributed by atoms with E-state index < -0.39 is 0 Å². The van der Waals surface area contributed by atoms with Crippen LogP contribution >= 0.6 is 0 Å². The van der Waals surface area contributed by atoms with Gasteiger partial charge < -0.3 is 24.1 Å². The Bertz CT molecular complexity index is 1370. The summed E-state index contributed by atoms with van der Waals surface area (Å²) < 4.78 is 16.9. The van der Waals surface area contributed by atoms with Crippen molar-refractivity contribution in [1.82, 2.24) is 19.9 Å². The summed E-state index contributed by atoms with van der Waals surface area (Å²) in [6, 6.07) is 9.97. The van der Waals surface area contributed by atoms with Gasteiger partial charge in [0.2, 0.25) is 0 Å². The minimum absolute atomic E-state index is 0.117. The van der Waals surface area contributed by atoms with Gasteiger partial charge in [0, 0.05) is 36.0 Å². The van der Waals surface area contributed by atoms with Crippen molar-refractivity contribution in [2.75, 3.05) is 27.4 Å². The van der Waals surface area contributed by atoms with Crippen LogP contribution in [0.25, 0.3) is 10.9 Å². The Morgan fingerprint density at radius 3 is 2.78 bits per heavy atom. The van der Waals surface area contributed by atoms with Crippen molar-refractivity contribution in [3.05, 3.63) is 77.5 Å². The summed E-state index contributed by atoms with van der Waals surface area (Å²) in [7, 11) is 3.33. The van der Waals surface area contributed by atoms with Gasteiger partial charge in [0.25, 0.3) is 5.91 Å². The number of hydrogen-bond acceptors (Lipinski definition) is 6. The van der Waals surface area contributed by atoms with Gasteiger partial charge in [-0.15, -0.1) is 0 Å². The largest absolute Gasteiger partial charge is 0.497 e. The Morgan fingerprint density at radius 2 is 2.03 bits per heavy atom. The van der Waals surface area contributed by atoms with Crippen molar-refractivity contribution < 1.29 is 19.0 Å². The highest BCUT2D eigenvalue weighted by atomic mass is 16.5. The normalized spacial score (nSPS) is 15.0. The molecule has 0 saturated carbocycles. The number of carbonyl (C=O) groups is 1. The lowest BCUT2D eigenvalue weighted by atomic mass is 9.88. The highest BCUT2D eigenvalue weighted by Gasteiger charge is 2.33. The van der Waals surface area contributed by atoms with Gasteiger partial charge in [-0.25, -0.2) is 4.98 Å². The van der Waals surface area contributed by atoms with Crippen LogP contribution in [0.1, 0.15) is 46.6 Å². The minimum atomic E-state index is -0.149. The first-order chi connectivity index (χ1) is 17.6. The molecule has 2 aromatic carbocycles. The summed E-state index contributed by atoms with van der Waals surface area (Å²) in [5.41, 5.74) is 4.85. The van der Waals surface area contributed by atoms with Gasteiger partial charge in [-0.05, 0) is 73.2 Å². The highest BCUT2D eigenvalue weighted by Crippen LogP contribution is 2.41. The van der Waals surface area contributed by atoms with E-state index in [0.29, 0.717) is 30.3 Å². The van der Waals surface area contributed by atoms with E-state index in [4.69, 9.17) is 14.2 Å². The molecule has 1 aliphatic heterocycles. The highest BCUT2D eigenvalue weighted by molar-refractivity contribution is 5.92. The SMILES string of the molecule is CCOc1cc2c(cc1OC)CCN(C(=O)c1cnccn1)C2CCc1c[nH]c2ccc(OC)cc12. The first-order valence-electron chi connectivity index (χ1n) is 12.2. The Hall–Kier alpha value is -4.07. The van der Waals surface area contributed by atoms with Crippen LogP contribution in [0.4, 0.5) is 0 Å². The molecule has 0 saturated heterocycles. The number of hydrogen-bond donors (Lipinski definition) is 1. The van der Waals surface area contributed by atoms with Gasteiger partial charge in [0.05, 0.1) is 33.1 Å². The number of rotatable bonds is 8. The third-order valence-corrected chi connectivity index (χ3v) is 6.79. The Morgan fingerprint density at radius 1 is 1.14 bits per heavy atom. The number of benzene rings is 2. The second-order valence-corrected chi connectivity index (χ2v) is 8.75. The quantitative estimate of drug-likeness (QED) is 0.387. The first-order valence-corrected chi connectivity index (χ1v) is 12.2. The van der Waals surface area contributed by atoms with Crippen molar-refractivity contribution in [2.24, 2.45) is 0 Å². The number of aromatic nitrogens is 3. The first kappa shape index (κ1) is 23.7. The molecule has 1 unspecified atom stereocenters. The van der Waals surface area contributed by atoms with Crippen LogP contribution in [0.3, 0.4) is 0 Å². The van der Waals surface area contributed by atoms with Gasteiger partial charge >= 0.3 is 0 Å². The number of carbonyl (C=O) groups excluding carboxylic acids is 1. The predicted molar refractivity (Wildman–Crippen MR) is 137 cm³/mol. The van der Waals surface area contributed by atoms with E-state index in [-0.39, 0.29) is 11.9 Å². The molecule has 0 aliphatic carbocycles. The fourth-order valence-electron chi connectivity index (χ4n) is 5.03. The number of amides is 1. The molecular formula is C28H30N4O4. The van der Waals surface area contributed by atoms with E-state index in [9.17, 15) is 4.79 Å². The van der Waals surface area contributed by atoms with E-state index in [1.807, 2.05) is 42.3 Å². The van der Waals surface area contributed by atoms with E-state index in [2.05, 4.69) is 21.0 Å². The average Bonchev–Trinajstić information content (AvgIpc) is 3.33. The number of fused-ring (bicyclic) bond motifs is 2. The summed E-state index contributed by atoms with van der Waals surface area (Å²) in [5.74, 6) is 2.11. The number of aryl methyl sites for hydroxylation is 1. The van der Waals surface area contributed by atoms with Crippen molar-refractivity contribution in [3.63, 3.8) is 0 Å². The van der Waals surface area contributed by atoms with Crippen LogP contribution in [0.2, 0.25) is 0 Å². The molecule has 0 bridgehead atoms. The van der Waals surface area contributed by atoms with Gasteiger partial charge in [-0.1, -0.05) is 0 Å². The molecule has 0 spiro atoms. The molecule has 3 heterocycles. The molecule has 0 radical (unpaired) electrons. The summed E-state index contributed by atoms with van der Waals surface area (Å²) in [4.78, 5) is 27.2. The summed E-state index contributed by atoms with van der Waals surface area (Å²) >= 11 is 0. The van der Waals surface area contributed by atoms with E-state index in [1.54, 1.807) is 26.6 Å². The predicted octanol–water partition coefficient (Wildman–Crippen LogP) is 4.75. The van der Waals surface area contributed by atoms with Gasteiger partial charge in [-0.3, -0.25) is 9.78 Å². The lowest BCUT2D eigenvalue weighted by Crippen LogP contribution is -2.40. The molecule has 8 nitrogen and oxygen atoms in total. The summed E-state index contributed by atoms with van der Waals surface area (Å²) in [6.45, 7) is 3.07. The molecule has 0 fully saturated rings. The van der Waals surface area contributed by atoms with E-state index in [1.165, 1.54) is 17.3 Å². The minimum Gasteiger partial charge on any atom is -0.497 e. The molecule has 36 heavy (non-hydrogen) atoms. The maximum atomic E-state index is 13.6. The number of aromatic amines is 1. The lowest BCUT2D eigenvalue weighted by Gasteiger charge is -2.38. The number of ether oxygens (including phenoxy) is 3. The third kappa shape index (κ3) is 4.46. The molecule has 186 valence electrons. The Labute approximate surface area is 210 Å². The molecule has 1 aliphatic rings. The van der Waals surface area contributed by atoms with E-state index in [0.717, 1.165) is 41.5 Å². The Balaban J connectivity index is 1.52. The number of nitrogens with zero attached hydrogens (tertiary/aromatic N) is 3. The molecule has 1 N–H and O–H groups in total. The number of methoxy groups -OCH3 is 2. The topological polar surface area (TPSA) is 89.6 Å². The monoisotopic (exact) mass is 486 g/mol. The fourth-order valence-corrected chi connectivity index (χ4v) is 5.03. The van der Waals surface area contributed by atoms with Crippen molar-refractivity contribution in [1.29, 1.82) is 0 Å². The maximum absolute atomic E-state index is 13.6. The average molecular weight is 487 g/mol. The van der Waals surface area contributed by atoms with Gasteiger partial charge in [-0.2, -0.15) is 0 Å². The van der Waals surface area contributed by atoms with Crippen LogP contribution in [0.15, 0.2) is 55.1 Å². The smallest absolute Gasteiger partial charge is 0.274 e. The number of H-pyrrole nitrogens is 1. The van der Waals surface area contributed by atoms with Crippen molar-refractivity contribution in [2.45, 2.75) is 32.2 Å². The zero-order chi connectivity index (χ0) is 25.1. The van der Waals surface area contributed by atoms with Crippen LogP contribution < -0.4 is 14.2 Å². The second-order valence-electron chi connectivity index (χ2n) is 8.75.